The van der Waals surface area contributed by atoms with E-state index in [0.717, 1.165) is 0 Å². The zero-order valence-corrected chi connectivity index (χ0v) is 7.74. The molecular formula is C10H12FS+. The first-order valence-electron chi connectivity index (χ1n) is 4.29. The van der Waals surface area contributed by atoms with Crippen LogP contribution in [0.3, 0.4) is 0 Å². The molecule has 1 aliphatic heterocycles. The SMILES string of the molecule is Fc1ccc([S+]2CCCC2)cc1. The Morgan fingerprint density at radius 3 is 2.17 bits per heavy atom. The van der Waals surface area contributed by atoms with E-state index in [0.29, 0.717) is 10.9 Å². The summed E-state index contributed by atoms with van der Waals surface area (Å²) in [5.74, 6) is 2.50. The Balaban J connectivity index is 2.17. The smallest absolute Gasteiger partial charge is 0.155 e. The van der Waals surface area contributed by atoms with E-state index in [9.17, 15) is 4.39 Å². The zero-order valence-electron chi connectivity index (χ0n) is 6.92. The fourth-order valence-electron chi connectivity index (χ4n) is 1.52. The van der Waals surface area contributed by atoms with E-state index in [4.69, 9.17) is 0 Å². The van der Waals surface area contributed by atoms with Gasteiger partial charge in [-0.25, -0.2) is 4.39 Å². The topological polar surface area (TPSA) is 0 Å². The molecule has 1 aromatic carbocycles. The number of hydrogen-bond acceptors (Lipinski definition) is 0. The lowest BCUT2D eigenvalue weighted by Crippen LogP contribution is -2.03. The molecule has 64 valence electrons. The fraction of sp³-hybridized carbons (Fsp3) is 0.400. The highest BCUT2D eigenvalue weighted by Crippen LogP contribution is 2.22. The van der Waals surface area contributed by atoms with Crippen LogP contribution in [0.2, 0.25) is 0 Å². The van der Waals surface area contributed by atoms with Gasteiger partial charge in [0.25, 0.3) is 0 Å². The van der Waals surface area contributed by atoms with Crippen LogP contribution in [0.15, 0.2) is 29.2 Å². The first-order valence-corrected chi connectivity index (χ1v) is 5.85. The van der Waals surface area contributed by atoms with Crippen molar-refractivity contribution in [2.45, 2.75) is 17.7 Å². The molecule has 0 spiro atoms. The zero-order chi connectivity index (χ0) is 8.39. The molecule has 0 aliphatic carbocycles. The van der Waals surface area contributed by atoms with Crippen LogP contribution >= 0.6 is 0 Å². The Bertz CT molecular complexity index is 249. The van der Waals surface area contributed by atoms with E-state index in [1.54, 1.807) is 12.1 Å². The summed E-state index contributed by atoms with van der Waals surface area (Å²) in [7, 11) is 0.434. The molecule has 1 saturated heterocycles. The minimum absolute atomic E-state index is 0.124. The summed E-state index contributed by atoms with van der Waals surface area (Å²) in [4.78, 5) is 1.34. The maximum absolute atomic E-state index is 12.6. The Morgan fingerprint density at radius 2 is 1.58 bits per heavy atom. The van der Waals surface area contributed by atoms with Crippen LogP contribution in [0.1, 0.15) is 12.8 Å². The summed E-state index contributed by atoms with van der Waals surface area (Å²) in [5.41, 5.74) is 0. The molecular weight excluding hydrogens is 171 g/mol. The van der Waals surface area contributed by atoms with E-state index in [-0.39, 0.29) is 5.82 Å². The van der Waals surface area contributed by atoms with Crippen molar-refractivity contribution in [3.05, 3.63) is 30.1 Å². The van der Waals surface area contributed by atoms with Crippen LogP contribution in [0, 0.1) is 5.82 Å². The van der Waals surface area contributed by atoms with Gasteiger partial charge >= 0.3 is 0 Å². The van der Waals surface area contributed by atoms with Crippen molar-refractivity contribution in [2.24, 2.45) is 0 Å². The molecule has 0 radical (unpaired) electrons. The van der Waals surface area contributed by atoms with Crippen LogP contribution < -0.4 is 0 Å². The third-order valence-electron chi connectivity index (χ3n) is 2.18. The van der Waals surface area contributed by atoms with Gasteiger partial charge in [0.1, 0.15) is 17.3 Å². The molecule has 1 aromatic rings. The third-order valence-corrected chi connectivity index (χ3v) is 4.68. The second-order valence-electron chi connectivity index (χ2n) is 3.06. The van der Waals surface area contributed by atoms with Gasteiger partial charge in [0.2, 0.25) is 0 Å². The summed E-state index contributed by atoms with van der Waals surface area (Å²) >= 11 is 0. The Kier molecular flexibility index (Phi) is 2.35. The summed E-state index contributed by atoms with van der Waals surface area (Å²) in [5, 5.41) is 0. The van der Waals surface area contributed by atoms with Gasteiger partial charge in [-0.15, -0.1) is 0 Å². The predicted octanol–water partition coefficient (Wildman–Crippen LogP) is 2.60. The van der Waals surface area contributed by atoms with Gasteiger partial charge in [0.15, 0.2) is 4.90 Å². The highest BCUT2D eigenvalue weighted by Gasteiger charge is 2.26. The molecule has 1 heterocycles. The molecule has 1 aliphatic rings. The van der Waals surface area contributed by atoms with Crippen molar-refractivity contribution in [3.63, 3.8) is 0 Å². The molecule has 0 aromatic heterocycles. The molecule has 0 nitrogen and oxygen atoms in total. The molecule has 0 saturated carbocycles. The minimum Gasteiger partial charge on any atom is -0.207 e. The summed E-state index contributed by atoms with van der Waals surface area (Å²) in [6, 6.07) is 7.01. The molecule has 1 fully saturated rings. The van der Waals surface area contributed by atoms with Crippen molar-refractivity contribution in [2.75, 3.05) is 11.5 Å². The van der Waals surface area contributed by atoms with E-state index in [1.807, 2.05) is 12.1 Å². The quantitative estimate of drug-likeness (QED) is 0.587. The van der Waals surface area contributed by atoms with Gasteiger partial charge in [-0.3, -0.25) is 0 Å². The van der Waals surface area contributed by atoms with Crippen LogP contribution in [-0.2, 0) is 10.9 Å². The molecule has 0 atom stereocenters. The standard InChI is InChI=1S/C10H12FS/c11-9-3-5-10(6-4-9)12-7-1-2-8-12/h3-6H,1-2,7-8H2/q+1. The van der Waals surface area contributed by atoms with Crippen molar-refractivity contribution in [1.29, 1.82) is 0 Å². The van der Waals surface area contributed by atoms with Crippen molar-refractivity contribution >= 4 is 10.9 Å². The highest BCUT2D eigenvalue weighted by atomic mass is 32.2. The molecule has 0 N–H and O–H groups in total. The summed E-state index contributed by atoms with van der Waals surface area (Å²) in [6.45, 7) is 0. The number of rotatable bonds is 1. The molecule has 0 amide bonds. The number of benzene rings is 1. The average Bonchev–Trinajstić information content (AvgIpc) is 2.58. The molecule has 2 heteroatoms. The van der Waals surface area contributed by atoms with Gasteiger partial charge in [-0.05, 0) is 37.1 Å². The predicted molar refractivity (Wildman–Crippen MR) is 51.0 cm³/mol. The normalized spacial score (nSPS) is 18.4. The van der Waals surface area contributed by atoms with E-state index in [2.05, 4.69) is 0 Å². The van der Waals surface area contributed by atoms with Crippen LogP contribution in [-0.4, -0.2) is 11.5 Å². The minimum atomic E-state index is -0.124. The van der Waals surface area contributed by atoms with E-state index < -0.39 is 0 Å². The highest BCUT2D eigenvalue weighted by molar-refractivity contribution is 7.97. The molecule has 12 heavy (non-hydrogen) atoms. The van der Waals surface area contributed by atoms with Gasteiger partial charge < -0.3 is 0 Å². The Labute approximate surface area is 75.1 Å². The molecule has 2 rings (SSSR count). The second-order valence-corrected chi connectivity index (χ2v) is 5.34. The van der Waals surface area contributed by atoms with Gasteiger partial charge in [0, 0.05) is 10.9 Å². The second kappa shape index (κ2) is 3.48. The first kappa shape index (κ1) is 8.11. The van der Waals surface area contributed by atoms with Crippen LogP contribution in [0.5, 0.6) is 0 Å². The lowest BCUT2D eigenvalue weighted by Gasteiger charge is -1.98. The molecule has 0 unspecified atom stereocenters. The lowest BCUT2D eigenvalue weighted by molar-refractivity contribution is 0.626. The van der Waals surface area contributed by atoms with Gasteiger partial charge in [-0.1, -0.05) is 0 Å². The largest absolute Gasteiger partial charge is 0.207 e. The average molecular weight is 183 g/mol. The summed E-state index contributed by atoms with van der Waals surface area (Å²) < 4.78 is 12.6. The van der Waals surface area contributed by atoms with E-state index in [1.165, 1.54) is 29.2 Å². The Hall–Kier alpha value is -0.500. The van der Waals surface area contributed by atoms with Crippen molar-refractivity contribution in [3.8, 4) is 0 Å². The Morgan fingerprint density at radius 1 is 1.00 bits per heavy atom. The van der Waals surface area contributed by atoms with Crippen molar-refractivity contribution in [1.82, 2.24) is 0 Å². The maximum Gasteiger partial charge on any atom is 0.155 e. The first-order chi connectivity index (χ1) is 5.86. The number of hydrogen-bond donors (Lipinski definition) is 0. The molecule has 0 bridgehead atoms. The van der Waals surface area contributed by atoms with E-state index >= 15 is 0 Å². The van der Waals surface area contributed by atoms with Crippen LogP contribution in [0.25, 0.3) is 0 Å². The maximum atomic E-state index is 12.6. The van der Waals surface area contributed by atoms with Crippen LogP contribution in [0.4, 0.5) is 4.39 Å². The fourth-order valence-corrected chi connectivity index (χ4v) is 3.82. The number of halogens is 1. The van der Waals surface area contributed by atoms with Crippen molar-refractivity contribution < 1.29 is 4.39 Å². The summed E-state index contributed by atoms with van der Waals surface area (Å²) in [6.07, 6.45) is 2.70. The monoisotopic (exact) mass is 183 g/mol. The third kappa shape index (κ3) is 1.63. The lowest BCUT2D eigenvalue weighted by atomic mass is 10.4. The van der Waals surface area contributed by atoms with Gasteiger partial charge in [-0.2, -0.15) is 0 Å². The van der Waals surface area contributed by atoms with Gasteiger partial charge in [0.05, 0.1) is 0 Å².